The zero-order valence-corrected chi connectivity index (χ0v) is 13.6. The van der Waals surface area contributed by atoms with Crippen molar-refractivity contribution in [3.63, 3.8) is 0 Å². The Morgan fingerprint density at radius 3 is 2.85 bits per heavy atom. The summed E-state index contributed by atoms with van der Waals surface area (Å²) in [5.41, 5.74) is 1.31. The van der Waals surface area contributed by atoms with Crippen LogP contribution in [-0.4, -0.2) is 38.1 Å². The lowest BCUT2D eigenvalue weighted by Gasteiger charge is -2.19. The summed E-state index contributed by atoms with van der Waals surface area (Å²) in [5.74, 6) is 0.889. The zero-order valence-electron chi connectivity index (χ0n) is 13.6. The SMILES string of the molecule is C=CC1CCC(CCCN(C)/C=C(/CC)NC)CCN1. The number of rotatable bonds is 8. The maximum Gasteiger partial charge on any atom is 0.0263 e. The minimum atomic E-state index is 0.536. The fourth-order valence-corrected chi connectivity index (χ4v) is 2.92. The van der Waals surface area contributed by atoms with Crippen LogP contribution in [-0.2, 0) is 0 Å². The van der Waals surface area contributed by atoms with Crippen molar-refractivity contribution in [1.82, 2.24) is 15.5 Å². The maximum atomic E-state index is 3.90. The second-order valence-electron chi connectivity index (χ2n) is 5.91. The van der Waals surface area contributed by atoms with Crippen LogP contribution >= 0.6 is 0 Å². The Bertz CT molecular complexity index is 293. The third-order valence-electron chi connectivity index (χ3n) is 4.33. The molecule has 0 aromatic heterocycles. The van der Waals surface area contributed by atoms with Gasteiger partial charge in [-0.15, -0.1) is 6.58 Å². The predicted molar refractivity (Wildman–Crippen MR) is 88.6 cm³/mol. The van der Waals surface area contributed by atoms with Crippen molar-refractivity contribution in [2.75, 3.05) is 27.2 Å². The standard InChI is InChI=1S/C17H33N3/c1-5-16-10-9-15(11-12-19-16)8-7-13-20(4)14-17(6-2)18-3/h5,14-16,18-19H,1,6-13H2,2-4H3/b17-14-. The first kappa shape index (κ1) is 17.1. The molecule has 0 radical (unpaired) electrons. The van der Waals surface area contributed by atoms with Gasteiger partial charge in [-0.3, -0.25) is 0 Å². The molecule has 2 unspecified atom stereocenters. The van der Waals surface area contributed by atoms with E-state index in [0.717, 1.165) is 25.4 Å². The van der Waals surface area contributed by atoms with Gasteiger partial charge in [-0.25, -0.2) is 0 Å². The molecule has 0 aromatic rings. The molecule has 1 aliphatic rings. The Hall–Kier alpha value is -0.960. The molecule has 1 fully saturated rings. The van der Waals surface area contributed by atoms with Crippen LogP contribution in [0, 0.1) is 5.92 Å². The summed E-state index contributed by atoms with van der Waals surface area (Å²) in [6, 6.07) is 0.536. The smallest absolute Gasteiger partial charge is 0.0263 e. The number of nitrogens with one attached hydrogen (secondary N) is 2. The molecule has 20 heavy (non-hydrogen) atoms. The summed E-state index contributed by atoms with van der Waals surface area (Å²) in [6.07, 6.45) is 11.9. The molecule has 0 saturated carbocycles. The highest BCUT2D eigenvalue weighted by atomic mass is 15.1. The molecule has 1 saturated heterocycles. The molecular weight excluding hydrogens is 246 g/mol. The molecule has 1 rings (SSSR count). The average molecular weight is 279 g/mol. The summed E-state index contributed by atoms with van der Waals surface area (Å²) < 4.78 is 0. The van der Waals surface area contributed by atoms with Gasteiger partial charge in [-0.05, 0) is 51.0 Å². The summed E-state index contributed by atoms with van der Waals surface area (Å²) in [7, 11) is 4.17. The monoisotopic (exact) mass is 279 g/mol. The van der Waals surface area contributed by atoms with Crippen molar-refractivity contribution in [2.45, 2.75) is 51.5 Å². The Balaban J connectivity index is 2.23. The van der Waals surface area contributed by atoms with E-state index < -0.39 is 0 Å². The van der Waals surface area contributed by atoms with Gasteiger partial charge in [0, 0.05) is 38.6 Å². The Labute approximate surface area is 125 Å². The Morgan fingerprint density at radius 2 is 2.20 bits per heavy atom. The molecular formula is C17H33N3. The van der Waals surface area contributed by atoms with Crippen LogP contribution in [0.4, 0.5) is 0 Å². The Morgan fingerprint density at radius 1 is 1.40 bits per heavy atom. The molecule has 0 bridgehead atoms. The molecule has 1 aliphatic heterocycles. The van der Waals surface area contributed by atoms with Gasteiger partial charge in [-0.2, -0.15) is 0 Å². The maximum absolute atomic E-state index is 3.90. The Kier molecular flexibility index (Phi) is 8.43. The van der Waals surface area contributed by atoms with Gasteiger partial charge in [0.15, 0.2) is 0 Å². The summed E-state index contributed by atoms with van der Waals surface area (Å²) in [4.78, 5) is 2.32. The van der Waals surface area contributed by atoms with E-state index in [-0.39, 0.29) is 0 Å². The molecule has 0 spiro atoms. The third kappa shape index (κ3) is 6.47. The molecule has 2 N–H and O–H groups in total. The zero-order chi connectivity index (χ0) is 14.8. The lowest BCUT2D eigenvalue weighted by atomic mass is 9.94. The second-order valence-corrected chi connectivity index (χ2v) is 5.91. The van der Waals surface area contributed by atoms with Crippen molar-refractivity contribution in [2.24, 2.45) is 5.92 Å². The number of nitrogens with zero attached hydrogens (tertiary/aromatic N) is 1. The molecule has 3 nitrogen and oxygen atoms in total. The van der Waals surface area contributed by atoms with E-state index in [1.165, 1.54) is 37.8 Å². The minimum Gasteiger partial charge on any atom is -0.390 e. The van der Waals surface area contributed by atoms with E-state index >= 15 is 0 Å². The lowest BCUT2D eigenvalue weighted by Crippen LogP contribution is -2.25. The lowest BCUT2D eigenvalue weighted by molar-refractivity contribution is 0.370. The molecule has 0 aliphatic carbocycles. The number of hydrogen-bond acceptors (Lipinski definition) is 3. The molecule has 3 heteroatoms. The summed E-state index contributed by atoms with van der Waals surface area (Å²) >= 11 is 0. The van der Waals surface area contributed by atoms with Crippen LogP contribution in [0.25, 0.3) is 0 Å². The van der Waals surface area contributed by atoms with Crippen molar-refractivity contribution < 1.29 is 0 Å². The van der Waals surface area contributed by atoms with Crippen LogP contribution in [0.5, 0.6) is 0 Å². The highest BCUT2D eigenvalue weighted by molar-refractivity contribution is 4.96. The number of hydrogen-bond donors (Lipinski definition) is 2. The van der Waals surface area contributed by atoms with Crippen LogP contribution in [0.2, 0.25) is 0 Å². The van der Waals surface area contributed by atoms with Crippen LogP contribution in [0.15, 0.2) is 24.6 Å². The molecule has 1 heterocycles. The van der Waals surface area contributed by atoms with Crippen LogP contribution in [0.1, 0.15) is 45.4 Å². The molecule has 0 amide bonds. The number of allylic oxidation sites excluding steroid dienone is 1. The van der Waals surface area contributed by atoms with Gasteiger partial charge in [0.2, 0.25) is 0 Å². The molecule has 116 valence electrons. The van der Waals surface area contributed by atoms with Gasteiger partial charge in [0.05, 0.1) is 0 Å². The predicted octanol–water partition coefficient (Wildman–Crippen LogP) is 3.11. The minimum absolute atomic E-state index is 0.536. The topological polar surface area (TPSA) is 27.3 Å². The van der Waals surface area contributed by atoms with Crippen LogP contribution in [0.3, 0.4) is 0 Å². The molecule has 2 atom stereocenters. The first-order chi connectivity index (χ1) is 9.69. The largest absolute Gasteiger partial charge is 0.390 e. The van der Waals surface area contributed by atoms with E-state index in [1.54, 1.807) is 0 Å². The average Bonchev–Trinajstić information content (AvgIpc) is 2.70. The van der Waals surface area contributed by atoms with E-state index in [0.29, 0.717) is 6.04 Å². The van der Waals surface area contributed by atoms with Crippen molar-refractivity contribution >= 4 is 0 Å². The van der Waals surface area contributed by atoms with E-state index in [4.69, 9.17) is 0 Å². The van der Waals surface area contributed by atoms with Gasteiger partial charge in [-0.1, -0.05) is 13.0 Å². The van der Waals surface area contributed by atoms with Crippen molar-refractivity contribution in [1.29, 1.82) is 0 Å². The van der Waals surface area contributed by atoms with Gasteiger partial charge in [0.25, 0.3) is 0 Å². The van der Waals surface area contributed by atoms with Gasteiger partial charge >= 0.3 is 0 Å². The third-order valence-corrected chi connectivity index (χ3v) is 4.33. The normalized spacial score (nSPS) is 24.1. The van der Waals surface area contributed by atoms with E-state index in [9.17, 15) is 0 Å². The quantitative estimate of drug-likeness (QED) is 0.669. The van der Waals surface area contributed by atoms with Gasteiger partial charge < -0.3 is 15.5 Å². The summed E-state index contributed by atoms with van der Waals surface area (Å²) in [5, 5.41) is 6.80. The first-order valence-electron chi connectivity index (χ1n) is 8.14. The fourth-order valence-electron chi connectivity index (χ4n) is 2.92. The van der Waals surface area contributed by atoms with Crippen molar-refractivity contribution in [3.8, 4) is 0 Å². The highest BCUT2D eigenvalue weighted by Crippen LogP contribution is 2.21. The van der Waals surface area contributed by atoms with Crippen LogP contribution < -0.4 is 10.6 Å². The van der Waals surface area contributed by atoms with Gasteiger partial charge in [0.1, 0.15) is 0 Å². The fraction of sp³-hybridized carbons (Fsp3) is 0.765. The highest BCUT2D eigenvalue weighted by Gasteiger charge is 2.16. The van der Waals surface area contributed by atoms with Crippen molar-refractivity contribution in [3.05, 3.63) is 24.6 Å². The molecule has 0 aromatic carbocycles. The summed E-state index contributed by atoms with van der Waals surface area (Å²) in [6.45, 7) is 8.39. The van der Waals surface area contributed by atoms with E-state index in [1.807, 2.05) is 7.05 Å². The first-order valence-corrected chi connectivity index (χ1v) is 8.14. The van der Waals surface area contributed by atoms with E-state index in [2.05, 4.69) is 48.4 Å². The second kappa shape index (κ2) is 9.87.